The van der Waals surface area contributed by atoms with Crippen LogP contribution in [0.3, 0.4) is 0 Å². The highest BCUT2D eigenvalue weighted by Gasteiger charge is 2.19. The summed E-state index contributed by atoms with van der Waals surface area (Å²) >= 11 is 0. The summed E-state index contributed by atoms with van der Waals surface area (Å²) in [5.74, 6) is 0.818. The van der Waals surface area contributed by atoms with Gasteiger partial charge in [-0.05, 0) is 19.0 Å². The van der Waals surface area contributed by atoms with Gasteiger partial charge in [-0.3, -0.25) is 0 Å². The summed E-state index contributed by atoms with van der Waals surface area (Å²) in [7, 11) is 2.18. The van der Waals surface area contributed by atoms with Crippen LogP contribution in [0.4, 0.5) is 0 Å². The molecule has 0 aliphatic carbocycles. The number of para-hydroxylation sites is 1. The zero-order valence-corrected chi connectivity index (χ0v) is 10.1. The molecule has 1 saturated heterocycles. The third kappa shape index (κ3) is 2.21. The summed E-state index contributed by atoms with van der Waals surface area (Å²) in [6.45, 7) is 4.45. The Labute approximate surface area is 101 Å². The summed E-state index contributed by atoms with van der Waals surface area (Å²) in [6.07, 6.45) is 1.89. The Morgan fingerprint density at radius 2 is 2.18 bits per heavy atom. The van der Waals surface area contributed by atoms with E-state index in [-0.39, 0.29) is 0 Å². The maximum Gasteiger partial charge on any atom is 0.134 e. The first-order chi connectivity index (χ1) is 8.33. The minimum absolute atomic E-state index is 0.818. The Balaban J connectivity index is 1.71. The number of furan rings is 1. The zero-order valence-electron chi connectivity index (χ0n) is 10.1. The molecule has 1 N–H and O–H groups in total. The lowest BCUT2D eigenvalue weighted by atomic mass is 10.0. The summed E-state index contributed by atoms with van der Waals surface area (Å²) in [5.41, 5.74) is 2.27. The molecule has 90 valence electrons. The average Bonchev–Trinajstić information content (AvgIpc) is 2.68. The van der Waals surface area contributed by atoms with Crippen LogP contribution in [0.25, 0.3) is 11.0 Å². The van der Waals surface area contributed by atoms with Crippen molar-refractivity contribution in [1.29, 1.82) is 0 Å². The number of benzene rings is 1. The number of hydrogen-bond acceptors (Lipinski definition) is 3. The van der Waals surface area contributed by atoms with E-state index in [0.717, 1.165) is 37.7 Å². The first-order valence-electron chi connectivity index (χ1n) is 6.17. The average molecular weight is 230 g/mol. The van der Waals surface area contributed by atoms with Crippen LogP contribution >= 0.6 is 0 Å². The molecule has 3 heteroatoms. The van der Waals surface area contributed by atoms with Crippen molar-refractivity contribution in [2.75, 3.05) is 26.7 Å². The molecule has 1 aromatic carbocycles. The number of hydrogen-bond donors (Lipinski definition) is 1. The van der Waals surface area contributed by atoms with Gasteiger partial charge in [-0.1, -0.05) is 18.2 Å². The fourth-order valence-electron chi connectivity index (χ4n) is 2.43. The third-order valence-corrected chi connectivity index (χ3v) is 3.44. The zero-order chi connectivity index (χ0) is 11.7. The molecule has 1 fully saturated rings. The highest BCUT2D eigenvalue weighted by atomic mass is 16.3. The Bertz CT molecular complexity index is 502. The van der Waals surface area contributed by atoms with Gasteiger partial charge < -0.3 is 14.6 Å². The number of rotatable bonds is 4. The van der Waals surface area contributed by atoms with E-state index in [0.29, 0.717) is 0 Å². The molecule has 0 spiro atoms. The lowest BCUT2D eigenvalue weighted by Crippen LogP contribution is -2.47. The predicted octanol–water partition coefficient (Wildman–Crippen LogP) is 2.08. The van der Waals surface area contributed by atoms with Crippen molar-refractivity contribution in [2.45, 2.75) is 6.54 Å². The molecule has 1 aliphatic heterocycles. The molecule has 2 heterocycles. The van der Waals surface area contributed by atoms with Gasteiger partial charge in [0.05, 0.1) is 6.26 Å². The normalized spacial score (nSPS) is 16.6. The molecular formula is C14H18N2O. The van der Waals surface area contributed by atoms with E-state index in [1.54, 1.807) is 0 Å². The second-order valence-corrected chi connectivity index (χ2v) is 4.98. The molecule has 2 aromatic rings. The van der Waals surface area contributed by atoms with Gasteiger partial charge >= 0.3 is 0 Å². The Kier molecular flexibility index (Phi) is 2.87. The molecule has 1 aliphatic rings. The van der Waals surface area contributed by atoms with Crippen LogP contribution in [0, 0.1) is 5.92 Å². The maximum atomic E-state index is 5.56. The highest BCUT2D eigenvalue weighted by Crippen LogP contribution is 2.22. The number of fused-ring (bicyclic) bond motifs is 1. The first-order valence-corrected chi connectivity index (χ1v) is 6.17. The van der Waals surface area contributed by atoms with Gasteiger partial charge in [0.25, 0.3) is 0 Å². The van der Waals surface area contributed by atoms with Gasteiger partial charge in [0.1, 0.15) is 5.58 Å². The van der Waals surface area contributed by atoms with Crippen molar-refractivity contribution in [3.63, 3.8) is 0 Å². The van der Waals surface area contributed by atoms with Crippen LogP contribution in [0.15, 0.2) is 34.9 Å². The van der Waals surface area contributed by atoms with Crippen molar-refractivity contribution in [3.8, 4) is 0 Å². The van der Waals surface area contributed by atoms with Crippen molar-refractivity contribution >= 4 is 11.0 Å². The van der Waals surface area contributed by atoms with E-state index in [4.69, 9.17) is 4.42 Å². The number of nitrogens with one attached hydrogen (secondary N) is 1. The standard InChI is InChI=1S/C14H18N2O/c1-16(8-11-6-15-7-11)9-12-10-17-14-5-3-2-4-13(12)14/h2-5,10-11,15H,6-9H2,1H3. The smallest absolute Gasteiger partial charge is 0.134 e. The van der Waals surface area contributed by atoms with Crippen molar-refractivity contribution < 1.29 is 4.42 Å². The van der Waals surface area contributed by atoms with E-state index in [2.05, 4.69) is 29.4 Å². The number of nitrogens with zero attached hydrogens (tertiary/aromatic N) is 1. The van der Waals surface area contributed by atoms with Crippen molar-refractivity contribution in [2.24, 2.45) is 5.92 Å². The van der Waals surface area contributed by atoms with Crippen molar-refractivity contribution in [1.82, 2.24) is 10.2 Å². The molecule has 3 nitrogen and oxygen atoms in total. The second kappa shape index (κ2) is 4.51. The SMILES string of the molecule is CN(Cc1coc2ccccc12)CC1CNC1. The van der Waals surface area contributed by atoms with Crippen LogP contribution in [-0.2, 0) is 6.54 Å². The second-order valence-electron chi connectivity index (χ2n) is 4.98. The molecule has 3 rings (SSSR count). The quantitative estimate of drug-likeness (QED) is 0.871. The maximum absolute atomic E-state index is 5.56. The molecule has 0 atom stereocenters. The molecule has 0 radical (unpaired) electrons. The summed E-state index contributed by atoms with van der Waals surface area (Å²) < 4.78 is 5.56. The highest BCUT2D eigenvalue weighted by molar-refractivity contribution is 5.80. The molecule has 1 aromatic heterocycles. The van der Waals surface area contributed by atoms with E-state index in [9.17, 15) is 0 Å². The van der Waals surface area contributed by atoms with Crippen LogP contribution in [0.5, 0.6) is 0 Å². The van der Waals surface area contributed by atoms with Crippen molar-refractivity contribution in [3.05, 3.63) is 36.1 Å². The van der Waals surface area contributed by atoms with E-state index < -0.39 is 0 Å². The molecule has 0 unspecified atom stereocenters. The monoisotopic (exact) mass is 230 g/mol. The lowest BCUT2D eigenvalue weighted by molar-refractivity contribution is 0.219. The van der Waals surface area contributed by atoms with Gasteiger partial charge in [-0.15, -0.1) is 0 Å². The van der Waals surface area contributed by atoms with Gasteiger partial charge in [0.2, 0.25) is 0 Å². The van der Waals surface area contributed by atoms with Gasteiger partial charge in [0.15, 0.2) is 0 Å². The van der Waals surface area contributed by atoms with E-state index in [1.807, 2.05) is 18.4 Å². The van der Waals surface area contributed by atoms with Gasteiger partial charge in [-0.2, -0.15) is 0 Å². The molecule has 0 bridgehead atoms. The fourth-order valence-corrected chi connectivity index (χ4v) is 2.43. The minimum atomic E-state index is 0.818. The Hall–Kier alpha value is -1.32. The van der Waals surface area contributed by atoms with E-state index in [1.165, 1.54) is 10.9 Å². The summed E-state index contributed by atoms with van der Waals surface area (Å²) in [5, 5.41) is 4.55. The summed E-state index contributed by atoms with van der Waals surface area (Å²) in [4.78, 5) is 2.38. The molecule has 0 amide bonds. The lowest BCUT2D eigenvalue weighted by Gasteiger charge is -2.31. The molecular weight excluding hydrogens is 212 g/mol. The van der Waals surface area contributed by atoms with E-state index >= 15 is 0 Å². The van der Waals surface area contributed by atoms with Crippen LogP contribution in [0.2, 0.25) is 0 Å². The topological polar surface area (TPSA) is 28.4 Å². The largest absolute Gasteiger partial charge is 0.464 e. The molecule has 0 saturated carbocycles. The predicted molar refractivity (Wildman–Crippen MR) is 68.9 cm³/mol. The van der Waals surface area contributed by atoms with Crippen LogP contribution in [0.1, 0.15) is 5.56 Å². The molecule has 17 heavy (non-hydrogen) atoms. The third-order valence-electron chi connectivity index (χ3n) is 3.44. The van der Waals surface area contributed by atoms with Crippen LogP contribution < -0.4 is 5.32 Å². The fraction of sp³-hybridized carbons (Fsp3) is 0.429. The van der Waals surface area contributed by atoms with Crippen LogP contribution in [-0.4, -0.2) is 31.6 Å². The minimum Gasteiger partial charge on any atom is -0.464 e. The summed E-state index contributed by atoms with van der Waals surface area (Å²) in [6, 6.07) is 8.23. The Morgan fingerprint density at radius 3 is 2.94 bits per heavy atom. The Morgan fingerprint density at radius 1 is 1.35 bits per heavy atom. The first kappa shape index (κ1) is 10.8. The van der Waals surface area contributed by atoms with Gasteiger partial charge in [-0.25, -0.2) is 0 Å². The van der Waals surface area contributed by atoms with Gasteiger partial charge in [0, 0.05) is 37.1 Å².